The first kappa shape index (κ1) is 17.2. The highest BCUT2D eigenvalue weighted by Crippen LogP contribution is 2.32. The van der Waals surface area contributed by atoms with Gasteiger partial charge in [0.15, 0.2) is 0 Å². The van der Waals surface area contributed by atoms with Crippen LogP contribution in [0.3, 0.4) is 0 Å². The Bertz CT molecular complexity index is 603. The highest BCUT2D eigenvalue weighted by atomic mass is 32.2. The van der Waals surface area contributed by atoms with Crippen molar-refractivity contribution >= 4 is 10.2 Å². The quantitative estimate of drug-likeness (QED) is 0.836. The molecule has 0 amide bonds. The van der Waals surface area contributed by atoms with Crippen LogP contribution >= 0.6 is 0 Å². The van der Waals surface area contributed by atoms with E-state index in [1.807, 2.05) is 38.1 Å². The van der Waals surface area contributed by atoms with Crippen molar-refractivity contribution in [3.63, 3.8) is 0 Å². The number of nitrogens with zero attached hydrogens (tertiary/aromatic N) is 2. The third-order valence-electron chi connectivity index (χ3n) is 4.54. The van der Waals surface area contributed by atoms with Crippen molar-refractivity contribution in [3.05, 3.63) is 29.8 Å². The third-order valence-corrected chi connectivity index (χ3v) is 6.72. The first-order chi connectivity index (χ1) is 10.4. The second-order valence-electron chi connectivity index (χ2n) is 5.90. The topological polar surface area (TPSA) is 49.9 Å². The fourth-order valence-corrected chi connectivity index (χ4v) is 4.75. The van der Waals surface area contributed by atoms with E-state index in [0.29, 0.717) is 12.3 Å². The summed E-state index contributed by atoms with van der Waals surface area (Å²) >= 11 is 0. The molecule has 124 valence electrons. The molecule has 2 unspecified atom stereocenters. The highest BCUT2D eigenvalue weighted by Gasteiger charge is 2.35. The van der Waals surface area contributed by atoms with Gasteiger partial charge in [0.05, 0.1) is 13.2 Å². The molecule has 1 heterocycles. The molecular weight excluding hydrogens is 300 g/mol. The monoisotopic (exact) mass is 326 g/mol. The average Bonchev–Trinajstić information content (AvgIpc) is 2.53. The maximum atomic E-state index is 12.9. The minimum absolute atomic E-state index is 0.0612. The van der Waals surface area contributed by atoms with Gasteiger partial charge in [-0.3, -0.25) is 0 Å². The summed E-state index contributed by atoms with van der Waals surface area (Å²) in [5.41, 5.74) is 0.876. The molecule has 1 aliphatic rings. The van der Waals surface area contributed by atoms with Crippen LogP contribution in [0, 0.1) is 0 Å². The van der Waals surface area contributed by atoms with Crippen molar-refractivity contribution in [2.75, 3.05) is 20.7 Å². The second kappa shape index (κ2) is 6.98. The highest BCUT2D eigenvalue weighted by molar-refractivity contribution is 7.86. The average molecular weight is 326 g/mol. The van der Waals surface area contributed by atoms with E-state index in [4.69, 9.17) is 4.74 Å². The van der Waals surface area contributed by atoms with Gasteiger partial charge in [-0.25, -0.2) is 0 Å². The SMILES string of the molecule is COc1ccccc1C(C)N(C)S(=O)(=O)N1CCCCC1C. The standard InChI is InChI=1S/C16H26N2O3S/c1-13-9-7-8-12-18(13)22(19,20)17(3)14(2)15-10-5-6-11-16(15)21-4/h5-6,10-11,13-14H,7-9,12H2,1-4H3. The zero-order chi connectivity index (χ0) is 16.3. The van der Waals surface area contributed by atoms with E-state index < -0.39 is 10.2 Å². The van der Waals surface area contributed by atoms with Gasteiger partial charge in [0, 0.05) is 25.2 Å². The van der Waals surface area contributed by atoms with Gasteiger partial charge in [0.2, 0.25) is 0 Å². The van der Waals surface area contributed by atoms with E-state index in [1.54, 1.807) is 18.5 Å². The largest absolute Gasteiger partial charge is 0.496 e. The van der Waals surface area contributed by atoms with Crippen LogP contribution in [-0.4, -0.2) is 43.8 Å². The van der Waals surface area contributed by atoms with Crippen LogP contribution in [0.15, 0.2) is 24.3 Å². The van der Waals surface area contributed by atoms with Gasteiger partial charge < -0.3 is 4.74 Å². The van der Waals surface area contributed by atoms with E-state index in [0.717, 1.165) is 24.8 Å². The summed E-state index contributed by atoms with van der Waals surface area (Å²) in [5, 5.41) is 0. The van der Waals surface area contributed by atoms with Gasteiger partial charge in [0.25, 0.3) is 10.2 Å². The van der Waals surface area contributed by atoms with E-state index >= 15 is 0 Å². The maximum Gasteiger partial charge on any atom is 0.282 e. The molecule has 22 heavy (non-hydrogen) atoms. The fourth-order valence-electron chi connectivity index (χ4n) is 2.99. The maximum absolute atomic E-state index is 12.9. The Hall–Kier alpha value is -1.11. The number of para-hydroxylation sites is 1. The zero-order valence-electron chi connectivity index (χ0n) is 13.8. The van der Waals surface area contributed by atoms with Gasteiger partial charge >= 0.3 is 0 Å². The molecule has 0 spiro atoms. The number of benzene rings is 1. The molecule has 1 saturated heterocycles. The first-order valence-corrected chi connectivity index (χ1v) is 9.17. The molecule has 6 heteroatoms. The van der Waals surface area contributed by atoms with Crippen molar-refractivity contribution in [3.8, 4) is 5.75 Å². The minimum atomic E-state index is -3.47. The van der Waals surface area contributed by atoms with Crippen LogP contribution in [0.5, 0.6) is 5.75 Å². The van der Waals surface area contributed by atoms with E-state index in [-0.39, 0.29) is 12.1 Å². The second-order valence-corrected chi connectivity index (χ2v) is 7.84. The third kappa shape index (κ3) is 3.29. The Morgan fingerprint density at radius 2 is 2.00 bits per heavy atom. The first-order valence-electron chi connectivity index (χ1n) is 7.77. The van der Waals surface area contributed by atoms with Gasteiger partial charge in [-0.2, -0.15) is 17.0 Å². The Kier molecular flexibility index (Phi) is 5.47. The molecule has 0 N–H and O–H groups in total. The van der Waals surface area contributed by atoms with Crippen LogP contribution < -0.4 is 4.74 Å². The lowest BCUT2D eigenvalue weighted by atomic mass is 10.1. The smallest absolute Gasteiger partial charge is 0.282 e. The molecule has 2 atom stereocenters. The van der Waals surface area contributed by atoms with Gasteiger partial charge in [-0.05, 0) is 32.8 Å². The molecule has 2 rings (SSSR count). The lowest BCUT2D eigenvalue weighted by Crippen LogP contribution is -2.49. The Morgan fingerprint density at radius 3 is 2.64 bits per heavy atom. The molecule has 1 aliphatic heterocycles. The van der Waals surface area contributed by atoms with Crippen molar-refractivity contribution in [2.24, 2.45) is 0 Å². The Labute approximate surface area is 134 Å². The van der Waals surface area contributed by atoms with E-state index in [9.17, 15) is 8.42 Å². The molecule has 1 aromatic carbocycles. The molecule has 0 bridgehead atoms. The number of ether oxygens (including phenoxy) is 1. The predicted octanol–water partition coefficient (Wildman–Crippen LogP) is 2.81. The minimum Gasteiger partial charge on any atom is -0.496 e. The van der Waals surface area contributed by atoms with E-state index in [2.05, 4.69) is 0 Å². The summed E-state index contributed by atoms with van der Waals surface area (Å²) in [6.45, 7) is 4.48. The predicted molar refractivity (Wildman–Crippen MR) is 88.1 cm³/mol. The molecule has 0 aromatic heterocycles. The number of methoxy groups -OCH3 is 1. The van der Waals surface area contributed by atoms with Crippen molar-refractivity contribution in [1.29, 1.82) is 0 Å². The molecule has 0 radical (unpaired) electrons. The molecule has 5 nitrogen and oxygen atoms in total. The van der Waals surface area contributed by atoms with Gasteiger partial charge in [-0.1, -0.05) is 24.6 Å². The molecule has 1 fully saturated rings. The zero-order valence-corrected chi connectivity index (χ0v) is 14.6. The van der Waals surface area contributed by atoms with Crippen LogP contribution in [0.2, 0.25) is 0 Å². The number of rotatable bonds is 5. The summed E-state index contributed by atoms with van der Waals surface area (Å²) in [6.07, 6.45) is 2.95. The number of hydrogen-bond donors (Lipinski definition) is 0. The van der Waals surface area contributed by atoms with Gasteiger partial charge in [-0.15, -0.1) is 0 Å². The molecule has 0 aliphatic carbocycles. The lowest BCUT2D eigenvalue weighted by Gasteiger charge is -2.37. The Morgan fingerprint density at radius 1 is 1.32 bits per heavy atom. The van der Waals surface area contributed by atoms with Crippen molar-refractivity contribution < 1.29 is 13.2 Å². The van der Waals surface area contributed by atoms with Gasteiger partial charge in [0.1, 0.15) is 5.75 Å². The fraction of sp³-hybridized carbons (Fsp3) is 0.625. The lowest BCUT2D eigenvalue weighted by molar-refractivity contribution is 0.241. The van der Waals surface area contributed by atoms with Crippen molar-refractivity contribution in [1.82, 2.24) is 8.61 Å². The van der Waals surface area contributed by atoms with Crippen LogP contribution in [-0.2, 0) is 10.2 Å². The molecular formula is C16H26N2O3S. The van der Waals surface area contributed by atoms with Crippen LogP contribution in [0.1, 0.15) is 44.7 Å². The number of hydrogen-bond acceptors (Lipinski definition) is 3. The van der Waals surface area contributed by atoms with Crippen LogP contribution in [0.4, 0.5) is 0 Å². The van der Waals surface area contributed by atoms with Crippen LogP contribution in [0.25, 0.3) is 0 Å². The molecule has 0 saturated carbocycles. The summed E-state index contributed by atoms with van der Waals surface area (Å²) in [7, 11) is -0.222. The normalized spacial score (nSPS) is 21.8. The summed E-state index contributed by atoms with van der Waals surface area (Å²) in [5.74, 6) is 0.712. The summed E-state index contributed by atoms with van der Waals surface area (Å²) < 4.78 is 34.3. The summed E-state index contributed by atoms with van der Waals surface area (Å²) in [6, 6.07) is 7.33. The molecule has 1 aromatic rings. The summed E-state index contributed by atoms with van der Waals surface area (Å²) in [4.78, 5) is 0. The number of piperidine rings is 1. The van der Waals surface area contributed by atoms with E-state index in [1.165, 1.54) is 4.31 Å². The Balaban J connectivity index is 2.27. The van der Waals surface area contributed by atoms with Crippen molar-refractivity contribution in [2.45, 2.75) is 45.2 Å².